The fourth-order valence-electron chi connectivity index (χ4n) is 1.56. The smallest absolute Gasteiger partial charge is 0.185 e. The van der Waals surface area contributed by atoms with Crippen LogP contribution in [-0.2, 0) is 0 Å². The van der Waals surface area contributed by atoms with Gasteiger partial charge in [-0.2, -0.15) is 0 Å². The van der Waals surface area contributed by atoms with E-state index in [1.54, 1.807) is 10.7 Å². The molecule has 2 rings (SSSR count). The predicted octanol–water partition coefficient (Wildman–Crippen LogP) is 2.03. The lowest BCUT2D eigenvalue weighted by Crippen LogP contribution is -2.08. The van der Waals surface area contributed by atoms with Gasteiger partial charge in [0.1, 0.15) is 5.82 Å². The second-order valence-corrected chi connectivity index (χ2v) is 3.94. The molecule has 5 nitrogen and oxygen atoms in total. The summed E-state index contributed by atoms with van der Waals surface area (Å²) < 4.78 is 15.3. The minimum Gasteiger partial charge on any atom is -0.399 e. The van der Waals surface area contributed by atoms with Crippen LogP contribution in [0.1, 0.15) is 26.3 Å². The summed E-state index contributed by atoms with van der Waals surface area (Å²) in [6, 6.07) is 4.48. The van der Waals surface area contributed by atoms with Gasteiger partial charge in [-0.3, -0.25) is 0 Å². The Morgan fingerprint density at radius 2 is 2.24 bits per heavy atom. The molecule has 6 heteroatoms. The van der Waals surface area contributed by atoms with Gasteiger partial charge in [0.25, 0.3) is 0 Å². The molecule has 90 valence electrons. The number of benzene rings is 1. The van der Waals surface area contributed by atoms with Gasteiger partial charge in [-0.1, -0.05) is 6.92 Å². The molecule has 2 N–H and O–H groups in total. The molecular formula is C11H14FN5. The molecule has 0 aliphatic carbocycles. The number of nitrogens with zero attached hydrogens (tertiary/aromatic N) is 4. The van der Waals surface area contributed by atoms with Gasteiger partial charge in [0.2, 0.25) is 0 Å². The molecule has 0 aliphatic heterocycles. The van der Waals surface area contributed by atoms with Crippen LogP contribution in [0.3, 0.4) is 0 Å². The molecule has 2 aromatic rings. The summed E-state index contributed by atoms with van der Waals surface area (Å²) in [5.74, 6) is 0.0303. The second kappa shape index (κ2) is 4.48. The van der Waals surface area contributed by atoms with Crippen LogP contribution in [0, 0.1) is 5.82 Å². The maximum absolute atomic E-state index is 13.7. The summed E-state index contributed by atoms with van der Waals surface area (Å²) in [7, 11) is 0. The Balaban J connectivity index is 2.53. The summed E-state index contributed by atoms with van der Waals surface area (Å²) in [6.07, 6.45) is 0.863. The fourth-order valence-corrected chi connectivity index (χ4v) is 1.56. The lowest BCUT2D eigenvalue weighted by molar-refractivity contribution is 0.467. The van der Waals surface area contributed by atoms with Gasteiger partial charge < -0.3 is 5.73 Å². The van der Waals surface area contributed by atoms with Gasteiger partial charge in [0, 0.05) is 5.69 Å². The van der Waals surface area contributed by atoms with Gasteiger partial charge in [-0.25, -0.2) is 9.07 Å². The van der Waals surface area contributed by atoms with Crippen molar-refractivity contribution in [1.29, 1.82) is 0 Å². The van der Waals surface area contributed by atoms with Crippen LogP contribution in [0.15, 0.2) is 18.2 Å². The number of aromatic nitrogens is 4. The molecule has 1 unspecified atom stereocenters. The van der Waals surface area contributed by atoms with Crippen molar-refractivity contribution in [2.24, 2.45) is 0 Å². The highest BCUT2D eigenvalue weighted by Gasteiger charge is 2.16. The zero-order chi connectivity index (χ0) is 12.4. The standard InChI is InChI=1S/C11H14FN5/c1-3-7(2)17-11(14-15-16-17)9-6-8(13)4-5-10(9)12/h4-7H,3,13H2,1-2H3. The van der Waals surface area contributed by atoms with Gasteiger partial charge >= 0.3 is 0 Å². The van der Waals surface area contributed by atoms with Crippen molar-refractivity contribution in [1.82, 2.24) is 20.2 Å². The number of halogens is 1. The van der Waals surface area contributed by atoms with E-state index in [4.69, 9.17) is 5.73 Å². The number of hydrogen-bond donors (Lipinski definition) is 1. The maximum Gasteiger partial charge on any atom is 0.185 e. The van der Waals surface area contributed by atoms with Crippen molar-refractivity contribution in [3.63, 3.8) is 0 Å². The minimum atomic E-state index is -0.376. The lowest BCUT2D eigenvalue weighted by atomic mass is 10.1. The number of hydrogen-bond acceptors (Lipinski definition) is 4. The third-order valence-corrected chi connectivity index (χ3v) is 2.73. The Morgan fingerprint density at radius 3 is 2.94 bits per heavy atom. The molecule has 0 radical (unpaired) electrons. The van der Waals surface area contributed by atoms with E-state index in [0.717, 1.165) is 6.42 Å². The summed E-state index contributed by atoms with van der Waals surface area (Å²) >= 11 is 0. The molecular weight excluding hydrogens is 221 g/mol. The molecule has 17 heavy (non-hydrogen) atoms. The van der Waals surface area contributed by atoms with Gasteiger partial charge in [0.05, 0.1) is 11.6 Å². The topological polar surface area (TPSA) is 69.6 Å². The molecule has 0 saturated heterocycles. The van der Waals surface area contributed by atoms with E-state index >= 15 is 0 Å². The predicted molar refractivity (Wildman–Crippen MR) is 62.6 cm³/mol. The van der Waals surface area contributed by atoms with Crippen LogP contribution >= 0.6 is 0 Å². The fraction of sp³-hybridized carbons (Fsp3) is 0.364. The molecule has 0 aliphatic rings. The summed E-state index contributed by atoms with van der Waals surface area (Å²) in [5.41, 5.74) is 6.46. The molecule has 0 saturated carbocycles. The lowest BCUT2D eigenvalue weighted by Gasteiger charge is -2.11. The van der Waals surface area contributed by atoms with E-state index in [-0.39, 0.29) is 11.9 Å². The van der Waals surface area contributed by atoms with Crippen LogP contribution in [0.5, 0.6) is 0 Å². The van der Waals surface area contributed by atoms with E-state index in [9.17, 15) is 4.39 Å². The maximum atomic E-state index is 13.7. The number of tetrazole rings is 1. The van der Waals surface area contributed by atoms with Gasteiger partial charge in [0.15, 0.2) is 5.82 Å². The molecule has 0 fully saturated rings. The average Bonchev–Trinajstić information content (AvgIpc) is 2.80. The highest BCUT2D eigenvalue weighted by Crippen LogP contribution is 2.25. The first-order chi connectivity index (χ1) is 8.13. The number of anilines is 1. The van der Waals surface area contributed by atoms with Crippen molar-refractivity contribution in [3.8, 4) is 11.4 Å². The van der Waals surface area contributed by atoms with Crippen LogP contribution in [0.2, 0.25) is 0 Å². The molecule has 1 heterocycles. The molecule has 0 amide bonds. The first-order valence-electron chi connectivity index (χ1n) is 5.46. The summed E-state index contributed by atoms with van der Waals surface area (Å²) in [5, 5.41) is 11.3. The van der Waals surface area contributed by atoms with Crippen molar-refractivity contribution in [3.05, 3.63) is 24.0 Å². The minimum absolute atomic E-state index is 0.112. The van der Waals surface area contributed by atoms with Crippen molar-refractivity contribution >= 4 is 5.69 Å². The normalized spacial score (nSPS) is 12.6. The number of nitrogen functional groups attached to an aromatic ring is 1. The largest absolute Gasteiger partial charge is 0.399 e. The first kappa shape index (κ1) is 11.5. The molecule has 1 atom stereocenters. The first-order valence-corrected chi connectivity index (χ1v) is 5.46. The van der Waals surface area contributed by atoms with E-state index in [2.05, 4.69) is 15.5 Å². The Labute approximate surface area is 98.4 Å². The summed E-state index contributed by atoms with van der Waals surface area (Å²) in [4.78, 5) is 0. The quantitative estimate of drug-likeness (QED) is 0.826. The zero-order valence-corrected chi connectivity index (χ0v) is 9.76. The van der Waals surface area contributed by atoms with Crippen LogP contribution in [-0.4, -0.2) is 20.2 Å². The van der Waals surface area contributed by atoms with Gasteiger partial charge in [-0.05, 0) is 42.0 Å². The third-order valence-electron chi connectivity index (χ3n) is 2.73. The Hall–Kier alpha value is -1.98. The molecule has 0 bridgehead atoms. The highest BCUT2D eigenvalue weighted by atomic mass is 19.1. The summed E-state index contributed by atoms with van der Waals surface area (Å²) in [6.45, 7) is 4.00. The van der Waals surface area contributed by atoms with Crippen molar-refractivity contribution in [2.75, 3.05) is 5.73 Å². The van der Waals surface area contributed by atoms with Gasteiger partial charge in [-0.15, -0.1) is 5.10 Å². The average molecular weight is 235 g/mol. The molecule has 1 aromatic carbocycles. The Bertz CT molecular complexity index is 522. The third kappa shape index (κ3) is 2.11. The number of nitrogens with two attached hydrogens (primary N) is 1. The van der Waals surface area contributed by atoms with Crippen molar-refractivity contribution < 1.29 is 4.39 Å². The van der Waals surface area contributed by atoms with E-state index in [0.29, 0.717) is 17.1 Å². The van der Waals surface area contributed by atoms with E-state index in [1.165, 1.54) is 12.1 Å². The SMILES string of the molecule is CCC(C)n1nnnc1-c1cc(N)ccc1F. The van der Waals surface area contributed by atoms with Crippen molar-refractivity contribution in [2.45, 2.75) is 26.3 Å². The van der Waals surface area contributed by atoms with Crippen LogP contribution < -0.4 is 5.73 Å². The van der Waals surface area contributed by atoms with Crippen LogP contribution in [0.4, 0.5) is 10.1 Å². The second-order valence-electron chi connectivity index (χ2n) is 3.94. The Kier molecular flexibility index (Phi) is 3.03. The molecule has 1 aromatic heterocycles. The van der Waals surface area contributed by atoms with Crippen LogP contribution in [0.25, 0.3) is 11.4 Å². The number of rotatable bonds is 3. The monoisotopic (exact) mass is 235 g/mol. The highest BCUT2D eigenvalue weighted by molar-refractivity contribution is 5.61. The molecule has 0 spiro atoms. The Morgan fingerprint density at radius 1 is 1.47 bits per heavy atom. The zero-order valence-electron chi connectivity index (χ0n) is 9.76. The van der Waals surface area contributed by atoms with E-state index < -0.39 is 0 Å². The van der Waals surface area contributed by atoms with E-state index in [1.807, 2.05) is 13.8 Å².